The molecule has 0 aliphatic rings. The molecule has 0 spiro atoms. The summed E-state index contributed by atoms with van der Waals surface area (Å²) in [6.07, 6.45) is 0. The van der Waals surface area contributed by atoms with Gasteiger partial charge in [-0.05, 0) is 38.0 Å². The normalized spacial score (nSPS) is 10.2. The molecule has 3 heteroatoms. The van der Waals surface area contributed by atoms with Crippen molar-refractivity contribution in [3.63, 3.8) is 0 Å². The fourth-order valence-electron chi connectivity index (χ4n) is 1.21. The van der Waals surface area contributed by atoms with Gasteiger partial charge in [0.2, 0.25) is 0 Å². The van der Waals surface area contributed by atoms with Gasteiger partial charge in [-0.25, -0.2) is 8.78 Å². The van der Waals surface area contributed by atoms with Crippen molar-refractivity contribution in [1.82, 2.24) is 0 Å². The van der Waals surface area contributed by atoms with E-state index in [0.29, 0.717) is 0 Å². The molecule has 1 aromatic carbocycles. The highest BCUT2D eigenvalue weighted by Gasteiger charge is 2.14. The van der Waals surface area contributed by atoms with Crippen LogP contribution >= 0.6 is 0 Å². The Morgan fingerprint density at radius 3 is 2.23 bits per heavy atom. The summed E-state index contributed by atoms with van der Waals surface area (Å²) in [5.74, 6) is -2.05. The van der Waals surface area contributed by atoms with Crippen LogP contribution in [-0.2, 0) is 0 Å². The molecular formula is C10H10F2O. The Morgan fingerprint density at radius 1 is 1.23 bits per heavy atom. The molecule has 1 rings (SSSR count). The van der Waals surface area contributed by atoms with Crippen LogP contribution in [0.15, 0.2) is 6.07 Å². The quantitative estimate of drug-likeness (QED) is 0.613. The number of Topliss-reactive ketones (excluding diaryl/α,β-unsaturated/α-hetero) is 1. The van der Waals surface area contributed by atoms with Gasteiger partial charge in [0.05, 0.1) is 0 Å². The summed E-state index contributed by atoms with van der Waals surface area (Å²) in [4.78, 5) is 11.0. The van der Waals surface area contributed by atoms with Crippen LogP contribution in [0.3, 0.4) is 0 Å². The highest BCUT2D eigenvalue weighted by Crippen LogP contribution is 2.19. The van der Waals surface area contributed by atoms with Crippen LogP contribution < -0.4 is 0 Å². The highest BCUT2D eigenvalue weighted by atomic mass is 19.2. The Hall–Kier alpha value is -1.25. The molecule has 0 unspecified atom stereocenters. The Balaban J connectivity index is 3.50. The van der Waals surface area contributed by atoms with Gasteiger partial charge in [0, 0.05) is 5.56 Å². The Morgan fingerprint density at radius 2 is 1.77 bits per heavy atom. The second kappa shape index (κ2) is 3.24. The lowest BCUT2D eigenvalue weighted by Gasteiger charge is -2.06. The molecule has 0 aliphatic heterocycles. The molecule has 0 heterocycles. The molecule has 0 N–H and O–H groups in total. The number of benzene rings is 1. The van der Waals surface area contributed by atoms with Crippen LogP contribution in [0.25, 0.3) is 0 Å². The predicted molar refractivity (Wildman–Crippen MR) is 45.8 cm³/mol. The van der Waals surface area contributed by atoms with Crippen LogP contribution in [0.1, 0.15) is 28.4 Å². The van der Waals surface area contributed by atoms with Crippen LogP contribution in [0.5, 0.6) is 0 Å². The number of aryl methyl sites for hydroxylation is 1. The molecule has 0 amide bonds. The van der Waals surface area contributed by atoms with Crippen LogP contribution in [-0.4, -0.2) is 5.78 Å². The standard InChI is InChI=1S/C10H10F2O/c1-5-4-8(7(3)13)6(2)10(12)9(5)11/h4H,1-3H3. The first-order chi connectivity index (χ1) is 5.95. The van der Waals surface area contributed by atoms with Crippen molar-refractivity contribution in [3.05, 3.63) is 34.4 Å². The summed E-state index contributed by atoms with van der Waals surface area (Å²) in [5, 5.41) is 0. The van der Waals surface area contributed by atoms with Crippen molar-refractivity contribution in [3.8, 4) is 0 Å². The summed E-state index contributed by atoms with van der Waals surface area (Å²) in [6, 6.07) is 1.37. The molecule has 13 heavy (non-hydrogen) atoms. The van der Waals surface area contributed by atoms with E-state index in [9.17, 15) is 13.6 Å². The van der Waals surface area contributed by atoms with Gasteiger partial charge >= 0.3 is 0 Å². The van der Waals surface area contributed by atoms with E-state index < -0.39 is 11.6 Å². The first-order valence-corrected chi connectivity index (χ1v) is 3.91. The number of halogens is 2. The number of carbonyl (C=O) groups is 1. The smallest absolute Gasteiger partial charge is 0.162 e. The molecule has 0 bridgehead atoms. The summed E-state index contributed by atoms with van der Waals surface area (Å²) in [7, 11) is 0. The van der Waals surface area contributed by atoms with Gasteiger partial charge < -0.3 is 0 Å². The van der Waals surface area contributed by atoms with Gasteiger partial charge in [0.15, 0.2) is 17.4 Å². The van der Waals surface area contributed by atoms with E-state index in [4.69, 9.17) is 0 Å². The second-order valence-corrected chi connectivity index (χ2v) is 3.05. The molecule has 0 radical (unpaired) electrons. The fourth-order valence-corrected chi connectivity index (χ4v) is 1.21. The van der Waals surface area contributed by atoms with Gasteiger partial charge in [-0.15, -0.1) is 0 Å². The molecule has 70 valence electrons. The maximum atomic E-state index is 13.1. The lowest BCUT2D eigenvalue weighted by atomic mass is 10.0. The maximum absolute atomic E-state index is 13.1. The van der Waals surface area contributed by atoms with Crippen molar-refractivity contribution in [2.24, 2.45) is 0 Å². The van der Waals surface area contributed by atoms with Gasteiger partial charge in [-0.1, -0.05) is 0 Å². The largest absolute Gasteiger partial charge is 0.294 e. The lowest BCUT2D eigenvalue weighted by Crippen LogP contribution is -2.03. The third-order valence-electron chi connectivity index (χ3n) is 2.01. The zero-order chi connectivity index (χ0) is 10.2. The van der Waals surface area contributed by atoms with Gasteiger partial charge in [0.1, 0.15) is 0 Å². The molecule has 0 aromatic heterocycles. The van der Waals surface area contributed by atoms with Crippen molar-refractivity contribution in [2.75, 3.05) is 0 Å². The second-order valence-electron chi connectivity index (χ2n) is 3.05. The molecule has 1 nitrogen and oxygen atoms in total. The van der Waals surface area contributed by atoms with Crippen molar-refractivity contribution in [2.45, 2.75) is 20.8 Å². The Kier molecular flexibility index (Phi) is 2.45. The van der Waals surface area contributed by atoms with E-state index in [1.807, 2.05) is 0 Å². The average molecular weight is 184 g/mol. The van der Waals surface area contributed by atoms with E-state index in [-0.39, 0.29) is 22.5 Å². The van der Waals surface area contributed by atoms with E-state index in [0.717, 1.165) is 0 Å². The van der Waals surface area contributed by atoms with Crippen LogP contribution in [0, 0.1) is 25.5 Å². The third-order valence-corrected chi connectivity index (χ3v) is 2.01. The summed E-state index contributed by atoms with van der Waals surface area (Å²) in [6.45, 7) is 4.16. The summed E-state index contributed by atoms with van der Waals surface area (Å²) < 4.78 is 26.0. The maximum Gasteiger partial charge on any atom is 0.162 e. The van der Waals surface area contributed by atoms with E-state index in [1.54, 1.807) is 0 Å². The van der Waals surface area contributed by atoms with E-state index in [1.165, 1.54) is 26.8 Å². The zero-order valence-electron chi connectivity index (χ0n) is 7.74. The molecule has 0 saturated heterocycles. The molecular weight excluding hydrogens is 174 g/mol. The minimum absolute atomic E-state index is 0.0793. The van der Waals surface area contributed by atoms with E-state index >= 15 is 0 Å². The molecule has 0 aliphatic carbocycles. The zero-order valence-corrected chi connectivity index (χ0v) is 7.74. The van der Waals surface area contributed by atoms with Gasteiger partial charge in [-0.3, -0.25) is 4.79 Å². The number of ketones is 1. The fraction of sp³-hybridized carbons (Fsp3) is 0.300. The van der Waals surface area contributed by atoms with Crippen molar-refractivity contribution in [1.29, 1.82) is 0 Å². The molecule has 1 aromatic rings. The summed E-state index contributed by atoms with van der Waals surface area (Å²) in [5.41, 5.74) is 0.486. The van der Waals surface area contributed by atoms with Crippen LogP contribution in [0.4, 0.5) is 8.78 Å². The number of hydrogen-bond donors (Lipinski definition) is 0. The minimum Gasteiger partial charge on any atom is -0.294 e. The van der Waals surface area contributed by atoms with Gasteiger partial charge in [0.25, 0.3) is 0 Å². The van der Waals surface area contributed by atoms with Crippen molar-refractivity contribution < 1.29 is 13.6 Å². The highest BCUT2D eigenvalue weighted by molar-refractivity contribution is 5.95. The minimum atomic E-state index is -0.926. The van der Waals surface area contributed by atoms with Crippen molar-refractivity contribution >= 4 is 5.78 Å². The molecule has 0 atom stereocenters. The van der Waals surface area contributed by atoms with Crippen LogP contribution in [0.2, 0.25) is 0 Å². The molecule has 0 saturated carbocycles. The number of carbonyl (C=O) groups excluding carboxylic acids is 1. The lowest BCUT2D eigenvalue weighted by molar-refractivity contribution is 0.101. The SMILES string of the molecule is CC(=O)c1cc(C)c(F)c(F)c1C. The van der Waals surface area contributed by atoms with E-state index in [2.05, 4.69) is 0 Å². The first kappa shape index (κ1) is 9.84. The summed E-state index contributed by atoms with van der Waals surface area (Å²) >= 11 is 0. The molecule has 0 fully saturated rings. The third kappa shape index (κ3) is 1.59. The average Bonchev–Trinajstić information content (AvgIpc) is 2.07. The topological polar surface area (TPSA) is 17.1 Å². The predicted octanol–water partition coefficient (Wildman–Crippen LogP) is 2.78. The number of hydrogen-bond acceptors (Lipinski definition) is 1. The van der Waals surface area contributed by atoms with Gasteiger partial charge in [-0.2, -0.15) is 0 Å². The number of rotatable bonds is 1. The monoisotopic (exact) mass is 184 g/mol. The Labute approximate surface area is 75.4 Å². The Bertz CT molecular complexity index is 370. The first-order valence-electron chi connectivity index (χ1n) is 3.91.